The van der Waals surface area contributed by atoms with E-state index in [1.165, 1.54) is 7.11 Å². The number of nitrogen functional groups attached to an aromatic ring is 1. The summed E-state index contributed by atoms with van der Waals surface area (Å²) < 4.78 is 4.91. The molecule has 0 aromatic heterocycles. The molecule has 0 bridgehead atoms. The van der Waals surface area contributed by atoms with Gasteiger partial charge in [-0.15, -0.1) is 12.4 Å². The minimum Gasteiger partial charge on any atom is -0.495 e. The molecule has 0 amide bonds. The Hall–Kier alpha value is -1.40. The molecule has 1 aromatic carbocycles. The van der Waals surface area contributed by atoms with Crippen molar-refractivity contribution in [1.82, 2.24) is 0 Å². The second kappa shape index (κ2) is 4.47. The molecule has 0 fully saturated rings. The van der Waals surface area contributed by atoms with Gasteiger partial charge in [0.1, 0.15) is 11.8 Å². The Morgan fingerprint density at radius 3 is 2.67 bits per heavy atom. The van der Waals surface area contributed by atoms with Crippen LogP contribution in [0.5, 0.6) is 5.75 Å². The lowest BCUT2D eigenvalue weighted by Gasteiger charge is -2.01. The standard InChI is InChI=1S/C8H8N2O.ClH/c1-11-8-3-2-7(10)4-6(8)5-9;/h2-4H,10H2,1H3;1H. The normalized spacial score (nSPS) is 8.00. The first-order chi connectivity index (χ1) is 5.27. The summed E-state index contributed by atoms with van der Waals surface area (Å²) in [6, 6.07) is 6.93. The zero-order chi connectivity index (χ0) is 8.27. The highest BCUT2D eigenvalue weighted by atomic mass is 35.5. The van der Waals surface area contributed by atoms with Crippen molar-refractivity contribution in [3.63, 3.8) is 0 Å². The molecule has 3 nitrogen and oxygen atoms in total. The first kappa shape index (κ1) is 10.6. The number of nitrogens with zero attached hydrogens (tertiary/aromatic N) is 1. The van der Waals surface area contributed by atoms with E-state index in [1.54, 1.807) is 18.2 Å². The van der Waals surface area contributed by atoms with E-state index < -0.39 is 0 Å². The fourth-order valence-corrected chi connectivity index (χ4v) is 0.813. The molecular formula is C8H9ClN2O. The van der Waals surface area contributed by atoms with E-state index in [0.717, 1.165) is 0 Å². The summed E-state index contributed by atoms with van der Waals surface area (Å²) in [4.78, 5) is 0. The topological polar surface area (TPSA) is 59.0 Å². The van der Waals surface area contributed by atoms with Gasteiger partial charge in [-0.3, -0.25) is 0 Å². The van der Waals surface area contributed by atoms with Crippen LogP contribution in [-0.4, -0.2) is 7.11 Å². The zero-order valence-electron chi connectivity index (χ0n) is 6.57. The van der Waals surface area contributed by atoms with Crippen LogP contribution in [0, 0.1) is 11.3 Å². The lowest BCUT2D eigenvalue weighted by Crippen LogP contribution is -1.90. The number of hydrogen-bond acceptors (Lipinski definition) is 3. The van der Waals surface area contributed by atoms with Gasteiger partial charge in [0.25, 0.3) is 0 Å². The predicted molar refractivity (Wildman–Crippen MR) is 49.4 cm³/mol. The average Bonchev–Trinajstić information content (AvgIpc) is 2.04. The molecule has 0 saturated heterocycles. The van der Waals surface area contributed by atoms with E-state index in [9.17, 15) is 0 Å². The van der Waals surface area contributed by atoms with Crippen molar-refractivity contribution >= 4 is 18.1 Å². The monoisotopic (exact) mass is 184 g/mol. The Bertz CT molecular complexity index is 306. The number of halogens is 1. The number of methoxy groups -OCH3 is 1. The van der Waals surface area contributed by atoms with E-state index in [2.05, 4.69) is 0 Å². The number of rotatable bonds is 1. The van der Waals surface area contributed by atoms with Gasteiger partial charge in [0.2, 0.25) is 0 Å². The van der Waals surface area contributed by atoms with Crippen molar-refractivity contribution in [2.24, 2.45) is 0 Å². The fraction of sp³-hybridized carbons (Fsp3) is 0.125. The quantitative estimate of drug-likeness (QED) is 0.674. The van der Waals surface area contributed by atoms with Crippen LogP contribution >= 0.6 is 12.4 Å². The summed E-state index contributed by atoms with van der Waals surface area (Å²) in [6.45, 7) is 0. The van der Waals surface area contributed by atoms with Crippen molar-refractivity contribution in [1.29, 1.82) is 5.26 Å². The number of anilines is 1. The fourth-order valence-electron chi connectivity index (χ4n) is 0.813. The van der Waals surface area contributed by atoms with Crippen LogP contribution < -0.4 is 10.5 Å². The van der Waals surface area contributed by atoms with Crippen LogP contribution in [-0.2, 0) is 0 Å². The maximum absolute atomic E-state index is 8.59. The van der Waals surface area contributed by atoms with Crippen LogP contribution in [0.15, 0.2) is 18.2 Å². The lowest BCUT2D eigenvalue weighted by molar-refractivity contribution is 0.413. The van der Waals surface area contributed by atoms with Gasteiger partial charge in [-0.1, -0.05) is 0 Å². The molecule has 2 N–H and O–H groups in total. The molecule has 1 rings (SSSR count). The van der Waals surface area contributed by atoms with Gasteiger partial charge >= 0.3 is 0 Å². The van der Waals surface area contributed by atoms with Crippen molar-refractivity contribution in [3.8, 4) is 11.8 Å². The van der Waals surface area contributed by atoms with Gasteiger partial charge in [-0.05, 0) is 18.2 Å². The molecule has 0 aliphatic rings. The molecule has 0 spiro atoms. The molecule has 12 heavy (non-hydrogen) atoms. The summed E-state index contributed by atoms with van der Waals surface area (Å²) >= 11 is 0. The molecule has 0 unspecified atom stereocenters. The number of hydrogen-bond donors (Lipinski definition) is 1. The number of ether oxygens (including phenoxy) is 1. The van der Waals surface area contributed by atoms with Gasteiger partial charge in [0.15, 0.2) is 0 Å². The molecule has 0 atom stereocenters. The average molecular weight is 185 g/mol. The van der Waals surface area contributed by atoms with E-state index in [1.807, 2.05) is 6.07 Å². The second-order valence-corrected chi connectivity index (χ2v) is 2.07. The lowest BCUT2D eigenvalue weighted by atomic mass is 10.2. The first-order valence-corrected chi connectivity index (χ1v) is 3.11. The van der Waals surface area contributed by atoms with Crippen LogP contribution in [0.3, 0.4) is 0 Å². The minimum absolute atomic E-state index is 0. The predicted octanol–water partition coefficient (Wildman–Crippen LogP) is 1.57. The molecule has 0 radical (unpaired) electrons. The maximum Gasteiger partial charge on any atom is 0.136 e. The van der Waals surface area contributed by atoms with Crippen molar-refractivity contribution < 1.29 is 4.74 Å². The molecule has 0 saturated carbocycles. The molecule has 1 aromatic rings. The third-order valence-corrected chi connectivity index (χ3v) is 1.34. The van der Waals surface area contributed by atoms with Crippen LogP contribution in [0.4, 0.5) is 5.69 Å². The van der Waals surface area contributed by atoms with Crippen LogP contribution in [0.2, 0.25) is 0 Å². The highest BCUT2D eigenvalue weighted by molar-refractivity contribution is 5.85. The van der Waals surface area contributed by atoms with Gasteiger partial charge in [0, 0.05) is 5.69 Å². The minimum atomic E-state index is 0. The molecule has 64 valence electrons. The van der Waals surface area contributed by atoms with Gasteiger partial charge < -0.3 is 10.5 Å². The number of nitriles is 1. The summed E-state index contributed by atoms with van der Waals surface area (Å²) in [5, 5.41) is 8.59. The number of nitrogens with two attached hydrogens (primary N) is 1. The Morgan fingerprint density at radius 2 is 2.17 bits per heavy atom. The zero-order valence-corrected chi connectivity index (χ0v) is 7.39. The van der Waals surface area contributed by atoms with Crippen LogP contribution in [0.25, 0.3) is 0 Å². The smallest absolute Gasteiger partial charge is 0.136 e. The van der Waals surface area contributed by atoms with Crippen molar-refractivity contribution in [2.45, 2.75) is 0 Å². The van der Waals surface area contributed by atoms with E-state index in [-0.39, 0.29) is 12.4 Å². The first-order valence-electron chi connectivity index (χ1n) is 3.11. The maximum atomic E-state index is 8.59. The third-order valence-electron chi connectivity index (χ3n) is 1.34. The summed E-state index contributed by atoms with van der Waals surface area (Å²) in [6.07, 6.45) is 0. The van der Waals surface area contributed by atoms with E-state index in [4.69, 9.17) is 15.7 Å². The Morgan fingerprint density at radius 1 is 1.50 bits per heavy atom. The third kappa shape index (κ3) is 2.04. The van der Waals surface area contributed by atoms with Gasteiger partial charge in [-0.25, -0.2) is 0 Å². The SMILES string of the molecule is COc1ccc(N)cc1C#N.Cl. The molecule has 0 heterocycles. The summed E-state index contributed by atoms with van der Waals surface area (Å²) in [5.74, 6) is 0.557. The highest BCUT2D eigenvalue weighted by Gasteiger charge is 2.00. The second-order valence-electron chi connectivity index (χ2n) is 2.07. The molecule has 0 aliphatic carbocycles. The molecule has 4 heteroatoms. The van der Waals surface area contributed by atoms with Crippen molar-refractivity contribution in [2.75, 3.05) is 12.8 Å². The Kier molecular flexibility index (Phi) is 3.95. The summed E-state index contributed by atoms with van der Waals surface area (Å²) in [5.41, 5.74) is 6.49. The Labute approximate surface area is 77.2 Å². The molecular weight excluding hydrogens is 176 g/mol. The Balaban J connectivity index is 0.00000121. The highest BCUT2D eigenvalue weighted by Crippen LogP contribution is 2.19. The number of benzene rings is 1. The van der Waals surface area contributed by atoms with Gasteiger partial charge in [0.05, 0.1) is 12.7 Å². The van der Waals surface area contributed by atoms with Crippen molar-refractivity contribution in [3.05, 3.63) is 23.8 Å². The van der Waals surface area contributed by atoms with Gasteiger partial charge in [-0.2, -0.15) is 5.26 Å². The van der Waals surface area contributed by atoms with E-state index >= 15 is 0 Å². The molecule has 0 aliphatic heterocycles. The summed E-state index contributed by atoms with van der Waals surface area (Å²) in [7, 11) is 1.52. The van der Waals surface area contributed by atoms with E-state index in [0.29, 0.717) is 17.0 Å². The largest absolute Gasteiger partial charge is 0.495 e. The van der Waals surface area contributed by atoms with Crippen LogP contribution in [0.1, 0.15) is 5.56 Å².